The van der Waals surface area contributed by atoms with E-state index in [2.05, 4.69) is 19.2 Å². The van der Waals surface area contributed by atoms with Gasteiger partial charge in [0.15, 0.2) is 5.82 Å². The molecule has 3 rings (SSSR count). The van der Waals surface area contributed by atoms with Crippen molar-refractivity contribution in [2.75, 3.05) is 6.54 Å². The highest BCUT2D eigenvalue weighted by Gasteiger charge is 2.21. The van der Waals surface area contributed by atoms with Crippen molar-refractivity contribution in [2.45, 2.75) is 26.3 Å². The van der Waals surface area contributed by atoms with Crippen molar-refractivity contribution in [1.82, 2.24) is 9.55 Å². The summed E-state index contributed by atoms with van der Waals surface area (Å²) in [5, 5.41) is 2.89. The minimum atomic E-state index is -0.000229. The van der Waals surface area contributed by atoms with Gasteiger partial charge in [0.2, 0.25) is 0 Å². The molecular formula is C19H22N3O+. The fraction of sp³-hybridized carbons (Fsp3) is 0.263. The summed E-state index contributed by atoms with van der Waals surface area (Å²) in [5.74, 6) is 0.823. The Kier molecular flexibility index (Phi) is 4.53. The summed E-state index contributed by atoms with van der Waals surface area (Å²) >= 11 is 0. The second-order valence-electron chi connectivity index (χ2n) is 5.62. The lowest BCUT2D eigenvalue weighted by atomic mass is 10.1. The predicted molar refractivity (Wildman–Crippen MR) is 92.8 cm³/mol. The molecule has 0 aliphatic carbocycles. The third-order valence-corrected chi connectivity index (χ3v) is 4.11. The maximum Gasteiger partial charge on any atom is 0.266 e. The Bertz CT molecular complexity index is 855. The van der Waals surface area contributed by atoms with Gasteiger partial charge in [0.25, 0.3) is 5.56 Å². The van der Waals surface area contributed by atoms with E-state index in [0.717, 1.165) is 30.0 Å². The highest BCUT2D eigenvalue weighted by Crippen LogP contribution is 2.17. The van der Waals surface area contributed by atoms with Gasteiger partial charge in [-0.15, -0.1) is 0 Å². The number of benzene rings is 2. The van der Waals surface area contributed by atoms with E-state index in [1.165, 1.54) is 0 Å². The molecule has 0 saturated carbocycles. The summed E-state index contributed by atoms with van der Waals surface area (Å²) in [6.45, 7) is 5.21. The molecule has 118 valence electrons. The molecule has 0 aliphatic heterocycles. The zero-order valence-electron chi connectivity index (χ0n) is 13.6. The molecule has 2 aromatic carbocycles. The zero-order valence-corrected chi connectivity index (χ0v) is 13.6. The van der Waals surface area contributed by atoms with Crippen LogP contribution in [0.25, 0.3) is 16.6 Å². The molecular weight excluding hydrogens is 286 g/mol. The van der Waals surface area contributed by atoms with E-state index >= 15 is 0 Å². The van der Waals surface area contributed by atoms with E-state index in [-0.39, 0.29) is 11.6 Å². The van der Waals surface area contributed by atoms with Crippen LogP contribution in [0.1, 0.15) is 32.1 Å². The van der Waals surface area contributed by atoms with E-state index in [1.807, 2.05) is 54.6 Å². The van der Waals surface area contributed by atoms with Crippen molar-refractivity contribution in [1.29, 1.82) is 0 Å². The van der Waals surface area contributed by atoms with E-state index in [4.69, 9.17) is 4.98 Å². The van der Waals surface area contributed by atoms with E-state index < -0.39 is 0 Å². The molecule has 4 nitrogen and oxygen atoms in total. The van der Waals surface area contributed by atoms with Crippen molar-refractivity contribution >= 4 is 10.9 Å². The van der Waals surface area contributed by atoms with Crippen LogP contribution in [-0.4, -0.2) is 16.1 Å². The number of quaternary nitrogens is 1. The molecule has 4 heteroatoms. The fourth-order valence-corrected chi connectivity index (χ4v) is 2.96. The summed E-state index contributed by atoms with van der Waals surface area (Å²) in [4.78, 5) is 17.9. The quantitative estimate of drug-likeness (QED) is 0.787. The molecule has 2 N–H and O–H groups in total. The third kappa shape index (κ3) is 2.90. The van der Waals surface area contributed by atoms with Gasteiger partial charge < -0.3 is 5.32 Å². The second-order valence-corrected chi connectivity index (χ2v) is 5.62. The number of hydrogen-bond donors (Lipinski definition) is 1. The number of hydrogen-bond acceptors (Lipinski definition) is 2. The van der Waals surface area contributed by atoms with Gasteiger partial charge in [-0.1, -0.05) is 37.3 Å². The summed E-state index contributed by atoms with van der Waals surface area (Å²) in [6.07, 6.45) is 0.922. The fourth-order valence-electron chi connectivity index (χ4n) is 2.96. The third-order valence-electron chi connectivity index (χ3n) is 4.11. The largest absolute Gasteiger partial charge is 0.338 e. The Balaban J connectivity index is 2.34. The Labute approximate surface area is 135 Å². The minimum Gasteiger partial charge on any atom is -0.338 e. The van der Waals surface area contributed by atoms with Crippen LogP contribution in [0.3, 0.4) is 0 Å². The smallest absolute Gasteiger partial charge is 0.266 e. The number of nitrogens with zero attached hydrogens (tertiary/aromatic N) is 2. The molecule has 1 atom stereocenters. The second kappa shape index (κ2) is 6.75. The van der Waals surface area contributed by atoms with E-state index in [0.29, 0.717) is 5.39 Å². The minimum absolute atomic E-state index is 0.000229. The molecule has 0 fully saturated rings. The normalized spacial score (nSPS) is 12.4. The van der Waals surface area contributed by atoms with Gasteiger partial charge in [-0.25, -0.2) is 4.98 Å². The maximum absolute atomic E-state index is 13.1. The topological polar surface area (TPSA) is 51.5 Å². The Morgan fingerprint density at radius 3 is 2.43 bits per heavy atom. The first-order valence-corrected chi connectivity index (χ1v) is 8.16. The van der Waals surface area contributed by atoms with Crippen molar-refractivity contribution in [3.63, 3.8) is 0 Å². The highest BCUT2D eigenvalue weighted by molar-refractivity contribution is 5.77. The van der Waals surface area contributed by atoms with Crippen molar-refractivity contribution < 1.29 is 5.32 Å². The molecule has 1 heterocycles. The van der Waals surface area contributed by atoms with Gasteiger partial charge in [0.05, 0.1) is 23.1 Å². The van der Waals surface area contributed by atoms with Crippen LogP contribution in [0.2, 0.25) is 0 Å². The number of aromatic nitrogens is 2. The van der Waals surface area contributed by atoms with Crippen molar-refractivity contribution in [3.05, 3.63) is 70.8 Å². The lowest BCUT2D eigenvalue weighted by Crippen LogP contribution is -2.85. The summed E-state index contributed by atoms with van der Waals surface area (Å²) in [6, 6.07) is 17.5. The number of nitrogens with two attached hydrogens (primary N) is 1. The van der Waals surface area contributed by atoms with Crippen LogP contribution in [0, 0.1) is 0 Å². The summed E-state index contributed by atoms with van der Waals surface area (Å²) in [5.41, 5.74) is 1.64. The molecule has 3 aromatic rings. The standard InChI is InChI=1S/C19H21N3O/c1-3-16(20-4-2)18-21-17-13-9-8-12-15(17)19(23)22(18)14-10-6-5-7-11-14/h5-13,16,20H,3-4H2,1-2H3/p+1/t16-/m1/s1. The van der Waals surface area contributed by atoms with Gasteiger partial charge in [-0.3, -0.25) is 9.36 Å². The van der Waals surface area contributed by atoms with E-state index in [9.17, 15) is 4.79 Å². The Hall–Kier alpha value is -2.46. The van der Waals surface area contributed by atoms with Gasteiger partial charge in [0, 0.05) is 6.42 Å². The first-order chi connectivity index (χ1) is 11.3. The van der Waals surface area contributed by atoms with Gasteiger partial charge in [-0.2, -0.15) is 0 Å². The molecule has 0 bridgehead atoms. The van der Waals surface area contributed by atoms with Crippen LogP contribution < -0.4 is 10.9 Å². The summed E-state index contributed by atoms with van der Waals surface area (Å²) < 4.78 is 1.77. The molecule has 0 radical (unpaired) electrons. The number of para-hydroxylation sites is 2. The van der Waals surface area contributed by atoms with Crippen molar-refractivity contribution in [2.24, 2.45) is 0 Å². The molecule has 1 aromatic heterocycles. The molecule has 0 unspecified atom stereocenters. The van der Waals surface area contributed by atoms with Gasteiger partial charge in [-0.05, 0) is 31.2 Å². The first-order valence-electron chi connectivity index (χ1n) is 8.16. The Morgan fingerprint density at radius 2 is 1.74 bits per heavy atom. The highest BCUT2D eigenvalue weighted by atomic mass is 16.1. The van der Waals surface area contributed by atoms with Crippen LogP contribution >= 0.6 is 0 Å². The van der Waals surface area contributed by atoms with Crippen LogP contribution in [0.15, 0.2) is 59.4 Å². The van der Waals surface area contributed by atoms with Gasteiger partial charge >= 0.3 is 0 Å². The number of rotatable bonds is 5. The van der Waals surface area contributed by atoms with E-state index in [1.54, 1.807) is 4.57 Å². The lowest BCUT2D eigenvalue weighted by Gasteiger charge is -2.18. The predicted octanol–water partition coefficient (Wildman–Crippen LogP) is 2.42. The van der Waals surface area contributed by atoms with Crippen molar-refractivity contribution in [3.8, 4) is 5.69 Å². The van der Waals surface area contributed by atoms with Crippen LogP contribution in [0.4, 0.5) is 0 Å². The average molecular weight is 308 g/mol. The molecule has 0 saturated heterocycles. The lowest BCUT2D eigenvalue weighted by molar-refractivity contribution is -0.694. The molecule has 0 aliphatic rings. The van der Waals surface area contributed by atoms with Gasteiger partial charge in [0.1, 0.15) is 6.04 Å². The SMILES string of the molecule is CC[NH2+][C@H](CC)c1nc2ccccc2c(=O)n1-c1ccccc1. The maximum atomic E-state index is 13.1. The first kappa shape index (κ1) is 15.4. The van der Waals surface area contributed by atoms with Crippen LogP contribution in [0.5, 0.6) is 0 Å². The molecule has 0 amide bonds. The zero-order chi connectivity index (χ0) is 16.2. The Morgan fingerprint density at radius 1 is 1.04 bits per heavy atom. The van der Waals surface area contributed by atoms with Crippen LogP contribution in [-0.2, 0) is 0 Å². The summed E-state index contributed by atoms with van der Waals surface area (Å²) in [7, 11) is 0. The number of fused-ring (bicyclic) bond motifs is 1. The molecule has 0 spiro atoms. The monoisotopic (exact) mass is 308 g/mol. The average Bonchev–Trinajstić information content (AvgIpc) is 2.60. The molecule has 23 heavy (non-hydrogen) atoms.